The van der Waals surface area contributed by atoms with Crippen molar-refractivity contribution in [3.8, 4) is 5.88 Å². The van der Waals surface area contributed by atoms with Crippen molar-refractivity contribution in [2.45, 2.75) is 6.92 Å². The van der Waals surface area contributed by atoms with Crippen molar-refractivity contribution in [2.24, 2.45) is 5.73 Å². The highest BCUT2D eigenvalue weighted by Gasteiger charge is 2.08. The van der Waals surface area contributed by atoms with Crippen LogP contribution in [0.1, 0.15) is 17.5 Å². The van der Waals surface area contributed by atoms with Gasteiger partial charge >= 0.3 is 0 Å². The number of amides is 1. The molecule has 0 fully saturated rings. The minimum Gasteiger partial charge on any atom is -0.476 e. The van der Waals surface area contributed by atoms with Gasteiger partial charge in [-0.05, 0) is 12.1 Å². The number of hydrogen-bond donors (Lipinski definition) is 1. The summed E-state index contributed by atoms with van der Waals surface area (Å²) >= 11 is 0. The van der Waals surface area contributed by atoms with E-state index in [1.807, 2.05) is 0 Å². The van der Waals surface area contributed by atoms with Gasteiger partial charge in [-0.2, -0.15) is 0 Å². The Morgan fingerprint density at radius 2 is 2.64 bits per heavy atom. The fraction of sp³-hybridized carbons (Fsp3) is 0.333. The molecule has 11 heavy (non-hydrogen) atoms. The molecule has 60 valence electrons. The Labute approximate surface area is 63.1 Å². The standard InChI is InChI=1S/C6H8N2O3/c1-2-10-5-3-4(6(7)9)11-8-5/h3H,2H2,1H3,(H2,7,9). The fourth-order valence-electron chi connectivity index (χ4n) is 0.591. The first-order valence-corrected chi connectivity index (χ1v) is 3.13. The summed E-state index contributed by atoms with van der Waals surface area (Å²) in [5.74, 6) is -0.363. The van der Waals surface area contributed by atoms with E-state index in [9.17, 15) is 4.79 Å². The lowest BCUT2D eigenvalue weighted by Crippen LogP contribution is -2.09. The van der Waals surface area contributed by atoms with E-state index in [1.54, 1.807) is 6.92 Å². The third kappa shape index (κ3) is 1.70. The van der Waals surface area contributed by atoms with Crippen molar-refractivity contribution >= 4 is 5.91 Å². The second-order valence-electron chi connectivity index (χ2n) is 1.83. The highest BCUT2D eigenvalue weighted by Crippen LogP contribution is 2.09. The van der Waals surface area contributed by atoms with Gasteiger partial charge in [0.2, 0.25) is 5.76 Å². The zero-order valence-corrected chi connectivity index (χ0v) is 6.03. The van der Waals surface area contributed by atoms with Gasteiger partial charge in [-0.3, -0.25) is 4.79 Å². The molecule has 0 unspecified atom stereocenters. The molecule has 0 aromatic carbocycles. The van der Waals surface area contributed by atoms with Crippen LogP contribution in [0.25, 0.3) is 0 Å². The molecule has 0 atom stereocenters. The molecule has 1 rings (SSSR count). The van der Waals surface area contributed by atoms with Gasteiger partial charge in [-0.25, -0.2) is 0 Å². The van der Waals surface area contributed by atoms with Gasteiger partial charge in [0, 0.05) is 0 Å². The first-order valence-electron chi connectivity index (χ1n) is 3.13. The number of aromatic nitrogens is 1. The molecule has 0 aliphatic rings. The van der Waals surface area contributed by atoms with Crippen LogP contribution in [0, 0.1) is 0 Å². The van der Waals surface area contributed by atoms with E-state index in [-0.39, 0.29) is 11.6 Å². The van der Waals surface area contributed by atoms with Crippen LogP contribution in [0.3, 0.4) is 0 Å². The summed E-state index contributed by atoms with van der Waals surface area (Å²) in [6.07, 6.45) is 0. The van der Waals surface area contributed by atoms with Crippen LogP contribution in [0.15, 0.2) is 10.6 Å². The van der Waals surface area contributed by atoms with E-state index in [0.29, 0.717) is 6.61 Å². The summed E-state index contributed by atoms with van der Waals surface area (Å²) in [4.78, 5) is 10.5. The quantitative estimate of drug-likeness (QED) is 0.676. The summed E-state index contributed by atoms with van der Waals surface area (Å²) in [5.41, 5.74) is 4.90. The largest absolute Gasteiger partial charge is 0.476 e. The van der Waals surface area contributed by atoms with Gasteiger partial charge in [0.1, 0.15) is 0 Å². The number of ether oxygens (including phenoxy) is 1. The minimum absolute atomic E-state index is 0.00782. The Morgan fingerprint density at radius 3 is 3.09 bits per heavy atom. The first kappa shape index (κ1) is 7.59. The van der Waals surface area contributed by atoms with Gasteiger partial charge in [0.25, 0.3) is 11.8 Å². The summed E-state index contributed by atoms with van der Waals surface area (Å²) in [5, 5.41) is 3.43. The molecule has 5 heteroatoms. The predicted octanol–water partition coefficient (Wildman–Crippen LogP) is 0.172. The Balaban J connectivity index is 2.73. The first-order chi connectivity index (χ1) is 5.24. The van der Waals surface area contributed by atoms with Crippen molar-refractivity contribution in [2.75, 3.05) is 6.61 Å². The van der Waals surface area contributed by atoms with Crippen LogP contribution in [-0.4, -0.2) is 17.7 Å². The van der Waals surface area contributed by atoms with Crippen LogP contribution >= 0.6 is 0 Å². The summed E-state index contributed by atoms with van der Waals surface area (Å²) in [6.45, 7) is 2.28. The number of primary amides is 1. The summed E-state index contributed by atoms with van der Waals surface area (Å²) in [6, 6.07) is 1.35. The van der Waals surface area contributed by atoms with Gasteiger partial charge in [-0.15, -0.1) is 0 Å². The van der Waals surface area contributed by atoms with Crippen molar-refractivity contribution in [1.82, 2.24) is 5.16 Å². The van der Waals surface area contributed by atoms with Crippen molar-refractivity contribution < 1.29 is 14.1 Å². The van der Waals surface area contributed by atoms with Crippen molar-refractivity contribution in [3.63, 3.8) is 0 Å². The zero-order chi connectivity index (χ0) is 8.27. The highest BCUT2D eigenvalue weighted by molar-refractivity contribution is 5.89. The van der Waals surface area contributed by atoms with E-state index in [4.69, 9.17) is 10.5 Å². The zero-order valence-electron chi connectivity index (χ0n) is 6.03. The van der Waals surface area contributed by atoms with Crippen LogP contribution < -0.4 is 10.5 Å². The number of nitrogens with two attached hydrogens (primary N) is 1. The van der Waals surface area contributed by atoms with Gasteiger partial charge in [-0.1, -0.05) is 0 Å². The molecule has 0 bridgehead atoms. The predicted molar refractivity (Wildman–Crippen MR) is 36.2 cm³/mol. The smallest absolute Gasteiger partial charge is 0.287 e. The molecule has 5 nitrogen and oxygen atoms in total. The molecule has 1 aromatic heterocycles. The highest BCUT2D eigenvalue weighted by atomic mass is 16.5. The monoisotopic (exact) mass is 156 g/mol. The average molecular weight is 156 g/mol. The molecule has 0 aliphatic heterocycles. The Kier molecular flexibility index (Phi) is 2.10. The molecule has 1 amide bonds. The van der Waals surface area contributed by atoms with Crippen molar-refractivity contribution in [3.05, 3.63) is 11.8 Å². The molecule has 2 N–H and O–H groups in total. The molecule has 0 radical (unpaired) electrons. The number of carbonyl (C=O) groups is 1. The van der Waals surface area contributed by atoms with E-state index in [0.717, 1.165) is 0 Å². The fourth-order valence-corrected chi connectivity index (χ4v) is 0.591. The topological polar surface area (TPSA) is 78.4 Å². The maximum absolute atomic E-state index is 10.5. The molecular formula is C6H8N2O3. The normalized spacial score (nSPS) is 9.55. The van der Waals surface area contributed by atoms with Gasteiger partial charge < -0.3 is 15.0 Å². The average Bonchev–Trinajstić information content (AvgIpc) is 2.37. The molecule has 0 aliphatic carbocycles. The number of rotatable bonds is 3. The van der Waals surface area contributed by atoms with Crippen molar-refractivity contribution in [1.29, 1.82) is 0 Å². The van der Waals surface area contributed by atoms with E-state index in [1.165, 1.54) is 6.07 Å². The van der Waals surface area contributed by atoms with Gasteiger partial charge in [0.05, 0.1) is 12.7 Å². The maximum atomic E-state index is 10.5. The van der Waals surface area contributed by atoms with Crippen LogP contribution in [0.2, 0.25) is 0 Å². The lowest BCUT2D eigenvalue weighted by molar-refractivity contribution is 0.0964. The second-order valence-corrected chi connectivity index (χ2v) is 1.83. The third-order valence-corrected chi connectivity index (χ3v) is 1.02. The van der Waals surface area contributed by atoms with E-state index >= 15 is 0 Å². The van der Waals surface area contributed by atoms with Crippen LogP contribution in [0.5, 0.6) is 5.88 Å². The summed E-state index contributed by atoms with van der Waals surface area (Å²) in [7, 11) is 0. The SMILES string of the molecule is CCOc1cc(C(N)=O)on1. The molecule has 0 saturated heterocycles. The number of nitrogens with zero attached hydrogens (tertiary/aromatic N) is 1. The molecular weight excluding hydrogens is 148 g/mol. The minimum atomic E-state index is -0.650. The van der Waals surface area contributed by atoms with Crippen LogP contribution in [0.4, 0.5) is 0 Å². The Hall–Kier alpha value is -1.52. The van der Waals surface area contributed by atoms with Crippen LogP contribution in [-0.2, 0) is 0 Å². The molecule has 1 aromatic rings. The lowest BCUT2D eigenvalue weighted by Gasteiger charge is -1.91. The number of hydrogen-bond acceptors (Lipinski definition) is 4. The van der Waals surface area contributed by atoms with E-state index in [2.05, 4.69) is 9.68 Å². The molecule has 1 heterocycles. The second kappa shape index (κ2) is 3.05. The molecule has 0 spiro atoms. The summed E-state index contributed by atoms with van der Waals surface area (Å²) < 4.78 is 9.45. The van der Waals surface area contributed by atoms with Gasteiger partial charge in [0.15, 0.2) is 0 Å². The number of carbonyl (C=O) groups excluding carboxylic acids is 1. The lowest BCUT2D eigenvalue weighted by atomic mass is 10.4. The maximum Gasteiger partial charge on any atom is 0.287 e. The van der Waals surface area contributed by atoms with E-state index < -0.39 is 5.91 Å². The Morgan fingerprint density at radius 1 is 1.91 bits per heavy atom. The Bertz CT molecular complexity index is 256. The molecule has 0 saturated carbocycles. The third-order valence-electron chi connectivity index (χ3n) is 1.02.